The molecular weight excluding hydrogens is 737 g/mol. The molecule has 59 heavy (non-hydrogen) atoms. The molecule has 0 radical (unpaired) electrons. The van der Waals surface area contributed by atoms with E-state index >= 15 is 0 Å². The molecule has 0 aromatic heterocycles. The highest BCUT2D eigenvalue weighted by atomic mass is 19.2. The molecule has 6 aromatic rings. The maximum atomic E-state index is 14.9. The second kappa shape index (κ2) is 22.8. The van der Waals surface area contributed by atoms with Crippen LogP contribution in [0.3, 0.4) is 0 Å². The van der Waals surface area contributed by atoms with E-state index in [2.05, 4.69) is 24.8 Å². The van der Waals surface area contributed by atoms with E-state index in [-0.39, 0.29) is 11.1 Å². The Morgan fingerprint density at radius 1 is 0.339 bits per heavy atom. The van der Waals surface area contributed by atoms with Crippen LogP contribution in [0.1, 0.15) is 68.7 Å². The summed E-state index contributed by atoms with van der Waals surface area (Å²) in [7, 11) is 0. The Morgan fingerprint density at radius 3 is 0.763 bits per heavy atom. The van der Waals surface area contributed by atoms with Gasteiger partial charge in [-0.05, 0) is 117 Å². The van der Waals surface area contributed by atoms with Gasteiger partial charge >= 0.3 is 0 Å². The molecule has 0 nitrogen and oxygen atoms in total. The fourth-order valence-corrected chi connectivity index (χ4v) is 6.91. The van der Waals surface area contributed by atoms with Gasteiger partial charge in [0, 0.05) is 22.3 Å². The average molecular weight is 791 g/mol. The van der Waals surface area contributed by atoms with E-state index < -0.39 is 23.3 Å². The number of aryl methyl sites for hydroxylation is 4. The average Bonchev–Trinajstić information content (AvgIpc) is 3.26. The molecule has 302 valence electrons. The summed E-state index contributed by atoms with van der Waals surface area (Å²) in [6.07, 6.45) is 21.8. The quantitative estimate of drug-likeness (QED) is 0.0677. The highest BCUT2D eigenvalue weighted by Gasteiger charge is 2.17. The fourth-order valence-electron chi connectivity index (χ4n) is 6.91. The van der Waals surface area contributed by atoms with E-state index in [1.165, 1.54) is 16.7 Å². The van der Waals surface area contributed by atoms with Crippen LogP contribution in [-0.4, -0.2) is 0 Å². The maximum absolute atomic E-state index is 14.9. The van der Waals surface area contributed by atoms with Gasteiger partial charge in [-0.1, -0.05) is 164 Å². The van der Waals surface area contributed by atoms with Gasteiger partial charge in [0.25, 0.3) is 0 Å². The second-order valence-corrected chi connectivity index (χ2v) is 14.5. The molecule has 6 aromatic carbocycles. The van der Waals surface area contributed by atoms with E-state index in [1.54, 1.807) is 24.3 Å². The summed E-state index contributed by atoms with van der Waals surface area (Å²) in [5, 5.41) is 0. The Labute approximate surface area is 349 Å². The molecule has 0 amide bonds. The van der Waals surface area contributed by atoms with E-state index in [0.717, 1.165) is 56.9 Å². The van der Waals surface area contributed by atoms with Crippen molar-refractivity contribution >= 4 is 0 Å². The first kappa shape index (κ1) is 44.1. The minimum atomic E-state index is -0.807. The molecule has 0 fully saturated rings. The Balaban J connectivity index is 0.000000224. The van der Waals surface area contributed by atoms with Gasteiger partial charge in [0.1, 0.15) is 0 Å². The zero-order chi connectivity index (χ0) is 42.0. The molecule has 6 rings (SSSR count). The normalized spacial score (nSPS) is 11.4. The number of benzene rings is 6. The molecule has 0 bridgehead atoms. The summed E-state index contributed by atoms with van der Waals surface area (Å²) in [5.41, 5.74) is 8.59. The van der Waals surface area contributed by atoms with Crippen LogP contribution in [0.25, 0.3) is 44.5 Å². The van der Waals surface area contributed by atoms with Crippen molar-refractivity contribution in [2.45, 2.75) is 72.1 Å². The van der Waals surface area contributed by atoms with Crippen molar-refractivity contribution in [2.75, 3.05) is 0 Å². The van der Waals surface area contributed by atoms with Crippen LogP contribution in [0, 0.1) is 23.3 Å². The van der Waals surface area contributed by atoms with Crippen LogP contribution in [0.4, 0.5) is 17.6 Å². The van der Waals surface area contributed by atoms with Crippen LogP contribution in [0.15, 0.2) is 170 Å². The first-order valence-electron chi connectivity index (χ1n) is 20.6. The maximum Gasteiger partial charge on any atom is 0.167 e. The zero-order valence-electron chi connectivity index (χ0n) is 34.5. The topological polar surface area (TPSA) is 0 Å². The predicted molar refractivity (Wildman–Crippen MR) is 242 cm³/mol. The summed E-state index contributed by atoms with van der Waals surface area (Å²) >= 11 is 0. The summed E-state index contributed by atoms with van der Waals surface area (Å²) in [5.74, 6) is -3.21. The molecule has 0 heterocycles. The second-order valence-electron chi connectivity index (χ2n) is 14.5. The molecule has 0 unspecified atom stereocenters. The van der Waals surface area contributed by atoms with Gasteiger partial charge in [0.2, 0.25) is 0 Å². The smallest absolute Gasteiger partial charge is 0.167 e. The van der Waals surface area contributed by atoms with Gasteiger partial charge in [-0.25, -0.2) is 17.6 Å². The fraction of sp³-hybridized carbons (Fsp3) is 0.200. The van der Waals surface area contributed by atoms with Gasteiger partial charge in [-0.3, -0.25) is 0 Å². The van der Waals surface area contributed by atoms with Crippen LogP contribution in [0.5, 0.6) is 0 Å². The van der Waals surface area contributed by atoms with Crippen molar-refractivity contribution in [3.63, 3.8) is 0 Å². The van der Waals surface area contributed by atoms with Gasteiger partial charge in [-0.15, -0.1) is 6.58 Å². The molecule has 0 atom stereocenters. The van der Waals surface area contributed by atoms with Crippen LogP contribution in [0.2, 0.25) is 0 Å². The third kappa shape index (κ3) is 12.3. The number of hydrogen-bond donors (Lipinski definition) is 0. The molecule has 4 heteroatoms. The van der Waals surface area contributed by atoms with E-state index in [0.29, 0.717) is 33.4 Å². The van der Waals surface area contributed by atoms with E-state index in [9.17, 15) is 17.6 Å². The molecule has 0 aliphatic heterocycles. The summed E-state index contributed by atoms with van der Waals surface area (Å²) in [6.45, 7) is 9.73. The molecule has 0 saturated heterocycles. The van der Waals surface area contributed by atoms with Crippen LogP contribution < -0.4 is 0 Å². The Bertz CT molecular complexity index is 2240. The third-order valence-electron chi connectivity index (χ3n) is 10.4. The third-order valence-corrected chi connectivity index (χ3v) is 10.4. The van der Waals surface area contributed by atoms with Crippen LogP contribution in [-0.2, 0) is 25.7 Å². The van der Waals surface area contributed by atoms with Crippen LogP contribution >= 0.6 is 0 Å². The Morgan fingerprint density at radius 2 is 0.559 bits per heavy atom. The Hall–Kier alpha value is -6.00. The van der Waals surface area contributed by atoms with Crippen molar-refractivity contribution in [1.29, 1.82) is 0 Å². The van der Waals surface area contributed by atoms with Gasteiger partial charge in [0.05, 0.1) is 0 Å². The van der Waals surface area contributed by atoms with Crippen molar-refractivity contribution in [1.82, 2.24) is 0 Å². The standard InChI is InChI=1S/C28H28F2.C27H26F2/c1-3-5-7-9-21-11-15-23(16-12-21)25-19-20-26(28(30)27(25)29)24-17-13-22(14-18-24)10-8-6-4-2;1-3-5-7-9-21-12-16-23(17-13-21)25-19-18-24(26(28)27(25)29)22-14-10-20(11-15-22)8-6-4-2/h3-6,11-20H,7-10H2,1-2H3;3-5,10-19H,2,6-9H2,1H3/b5-3+,6-4+;5-3+. The number of rotatable bonds is 16. The van der Waals surface area contributed by atoms with E-state index in [1.807, 2.05) is 142 Å². The van der Waals surface area contributed by atoms with Gasteiger partial charge in [0.15, 0.2) is 23.3 Å². The summed E-state index contributed by atoms with van der Waals surface area (Å²) < 4.78 is 59.4. The van der Waals surface area contributed by atoms with Crippen molar-refractivity contribution in [3.8, 4) is 44.5 Å². The monoisotopic (exact) mass is 790 g/mol. The highest BCUT2D eigenvalue weighted by Crippen LogP contribution is 2.33. The van der Waals surface area contributed by atoms with Crippen molar-refractivity contribution < 1.29 is 17.6 Å². The minimum absolute atomic E-state index is 0.282. The lowest BCUT2D eigenvalue weighted by atomic mass is 9.96. The lowest BCUT2D eigenvalue weighted by molar-refractivity contribution is 0.514. The lowest BCUT2D eigenvalue weighted by Crippen LogP contribution is -1.95. The minimum Gasteiger partial charge on any atom is -0.203 e. The largest absolute Gasteiger partial charge is 0.203 e. The predicted octanol–water partition coefficient (Wildman–Crippen LogP) is 16.2. The molecule has 0 aliphatic rings. The first-order chi connectivity index (χ1) is 28.8. The molecule has 0 saturated carbocycles. The van der Waals surface area contributed by atoms with Gasteiger partial charge in [-0.2, -0.15) is 0 Å². The molecule has 0 N–H and O–H groups in total. The van der Waals surface area contributed by atoms with E-state index in [4.69, 9.17) is 0 Å². The molecular formula is C55H54F4. The van der Waals surface area contributed by atoms with Gasteiger partial charge < -0.3 is 0 Å². The first-order valence-corrected chi connectivity index (χ1v) is 20.6. The molecule has 0 spiro atoms. The van der Waals surface area contributed by atoms with Crippen molar-refractivity contribution in [3.05, 3.63) is 216 Å². The SMILES string of the molecule is C/C=C/CCc1ccc(-c2ccc(-c3ccc(CC/C=C/C)cc3)c(F)c2F)cc1.C=CCCc1ccc(-c2ccc(-c3ccc(CC/C=C/C)cc3)c(F)c2F)cc1. The molecule has 0 aliphatic carbocycles. The summed E-state index contributed by atoms with van der Waals surface area (Å²) in [6, 6.07) is 37.3. The Kier molecular flexibility index (Phi) is 17.1. The number of hydrogen-bond acceptors (Lipinski definition) is 0. The van der Waals surface area contributed by atoms with Crippen molar-refractivity contribution in [2.24, 2.45) is 0 Å². The number of halogens is 4. The number of allylic oxidation sites excluding steroid dienone is 7. The zero-order valence-corrected chi connectivity index (χ0v) is 34.5. The summed E-state index contributed by atoms with van der Waals surface area (Å²) in [4.78, 5) is 0. The lowest BCUT2D eigenvalue weighted by Gasteiger charge is -2.10. The highest BCUT2D eigenvalue weighted by molar-refractivity contribution is 5.73.